The number of nitrogens with one attached hydrogen (secondary N) is 3. The van der Waals surface area contributed by atoms with Gasteiger partial charge in [0, 0.05) is 24.7 Å². The number of guanidine groups is 1. The molecule has 3 N–H and O–H groups in total. The molecule has 1 amide bonds. The van der Waals surface area contributed by atoms with Gasteiger partial charge in [-0.25, -0.2) is 4.99 Å². The van der Waals surface area contributed by atoms with Crippen LogP contribution in [0.3, 0.4) is 0 Å². The van der Waals surface area contributed by atoms with Crippen molar-refractivity contribution in [3.8, 4) is 11.5 Å². The first-order valence-corrected chi connectivity index (χ1v) is 10.3. The molecule has 0 spiro atoms. The Morgan fingerprint density at radius 3 is 2.73 bits per heavy atom. The predicted octanol–water partition coefficient (Wildman–Crippen LogP) is 2.61. The molecule has 0 heterocycles. The summed E-state index contributed by atoms with van der Waals surface area (Å²) in [7, 11) is 1.67. The Morgan fingerprint density at radius 2 is 1.97 bits per heavy atom. The van der Waals surface area contributed by atoms with E-state index in [9.17, 15) is 4.79 Å². The van der Waals surface area contributed by atoms with Gasteiger partial charge in [0.2, 0.25) is 0 Å². The van der Waals surface area contributed by atoms with Crippen molar-refractivity contribution in [3.05, 3.63) is 59.7 Å². The molecular formula is C23H30N4O3. The second kappa shape index (κ2) is 11.1. The molecule has 160 valence electrons. The number of hydrogen-bond donors (Lipinski definition) is 3. The topological polar surface area (TPSA) is 84.0 Å². The van der Waals surface area contributed by atoms with E-state index in [1.807, 2.05) is 55.5 Å². The van der Waals surface area contributed by atoms with E-state index in [0.717, 1.165) is 42.2 Å². The highest BCUT2D eigenvalue weighted by Gasteiger charge is 2.23. The van der Waals surface area contributed by atoms with Crippen LogP contribution >= 0.6 is 0 Å². The number of hydrogen-bond acceptors (Lipinski definition) is 4. The quantitative estimate of drug-likeness (QED) is 0.414. The average Bonchev–Trinajstić information content (AvgIpc) is 3.58. The van der Waals surface area contributed by atoms with Gasteiger partial charge >= 0.3 is 0 Å². The summed E-state index contributed by atoms with van der Waals surface area (Å²) in [6, 6.07) is 15.9. The smallest absolute Gasteiger partial charge is 0.258 e. The molecule has 1 saturated carbocycles. The summed E-state index contributed by atoms with van der Waals surface area (Å²) in [6.07, 6.45) is 2.14. The van der Waals surface area contributed by atoms with E-state index in [1.165, 1.54) is 0 Å². The standard InChI is InChI=1S/C23H30N4O3/c1-3-24-23(26-15-18-8-4-5-10-21(18)29-2)25-14-17-7-6-9-20(13-17)30-16-22(28)27-19-11-12-19/h4-10,13,19H,3,11-12,14-16H2,1-2H3,(H,27,28)(H2,24,25,26). The molecule has 7 heteroatoms. The van der Waals surface area contributed by atoms with Crippen molar-refractivity contribution in [1.29, 1.82) is 0 Å². The molecule has 0 aromatic heterocycles. The fourth-order valence-corrected chi connectivity index (χ4v) is 2.92. The number of benzene rings is 2. The summed E-state index contributed by atoms with van der Waals surface area (Å²) >= 11 is 0. The van der Waals surface area contributed by atoms with Crippen LogP contribution in [-0.4, -0.2) is 38.2 Å². The molecule has 0 bridgehead atoms. The maximum atomic E-state index is 11.8. The number of para-hydroxylation sites is 1. The lowest BCUT2D eigenvalue weighted by Gasteiger charge is -2.13. The summed E-state index contributed by atoms with van der Waals surface area (Å²) in [6.45, 7) is 3.92. The van der Waals surface area contributed by atoms with Crippen LogP contribution in [0.1, 0.15) is 30.9 Å². The van der Waals surface area contributed by atoms with Crippen molar-refractivity contribution in [2.75, 3.05) is 20.3 Å². The number of nitrogens with zero attached hydrogens (tertiary/aromatic N) is 1. The highest BCUT2D eigenvalue weighted by molar-refractivity contribution is 5.80. The largest absolute Gasteiger partial charge is 0.496 e. The van der Waals surface area contributed by atoms with Gasteiger partial charge in [0.15, 0.2) is 12.6 Å². The molecule has 2 aromatic rings. The zero-order valence-corrected chi connectivity index (χ0v) is 17.6. The third-order valence-corrected chi connectivity index (χ3v) is 4.61. The molecule has 1 aliphatic carbocycles. The van der Waals surface area contributed by atoms with Gasteiger partial charge in [0.25, 0.3) is 5.91 Å². The van der Waals surface area contributed by atoms with Crippen molar-refractivity contribution in [2.24, 2.45) is 4.99 Å². The fourth-order valence-electron chi connectivity index (χ4n) is 2.92. The maximum absolute atomic E-state index is 11.8. The number of carbonyl (C=O) groups is 1. The molecule has 0 atom stereocenters. The van der Waals surface area contributed by atoms with Crippen LogP contribution < -0.4 is 25.4 Å². The summed E-state index contributed by atoms with van der Waals surface area (Å²) in [5, 5.41) is 9.51. The normalized spacial score (nSPS) is 13.5. The highest BCUT2D eigenvalue weighted by atomic mass is 16.5. The molecular weight excluding hydrogens is 380 g/mol. The zero-order valence-electron chi connectivity index (χ0n) is 17.6. The minimum atomic E-state index is -0.0732. The van der Waals surface area contributed by atoms with Crippen LogP contribution in [0.2, 0.25) is 0 Å². The Bertz CT molecular complexity index is 865. The first-order chi connectivity index (χ1) is 14.7. The van der Waals surface area contributed by atoms with E-state index in [1.54, 1.807) is 7.11 Å². The Labute approximate surface area is 177 Å². The lowest BCUT2D eigenvalue weighted by molar-refractivity contribution is -0.123. The highest BCUT2D eigenvalue weighted by Crippen LogP contribution is 2.19. The number of amides is 1. The molecule has 3 rings (SSSR count). The van der Waals surface area contributed by atoms with Crippen LogP contribution in [0.15, 0.2) is 53.5 Å². The fraction of sp³-hybridized carbons (Fsp3) is 0.391. The Kier molecular flexibility index (Phi) is 7.94. The Hall–Kier alpha value is -3.22. The number of rotatable bonds is 10. The molecule has 0 unspecified atom stereocenters. The molecule has 2 aromatic carbocycles. The summed E-state index contributed by atoms with van der Waals surface area (Å²) in [4.78, 5) is 16.4. The van der Waals surface area contributed by atoms with Crippen LogP contribution in [0.4, 0.5) is 0 Å². The number of carbonyl (C=O) groups excluding carboxylic acids is 1. The van der Waals surface area contributed by atoms with Crippen molar-refractivity contribution >= 4 is 11.9 Å². The van der Waals surface area contributed by atoms with Gasteiger partial charge in [-0.15, -0.1) is 0 Å². The van der Waals surface area contributed by atoms with Crippen molar-refractivity contribution in [3.63, 3.8) is 0 Å². The second-order valence-corrected chi connectivity index (χ2v) is 7.14. The van der Waals surface area contributed by atoms with Crippen LogP contribution in [-0.2, 0) is 17.9 Å². The van der Waals surface area contributed by atoms with Gasteiger partial charge in [0.05, 0.1) is 13.7 Å². The Morgan fingerprint density at radius 1 is 1.13 bits per heavy atom. The minimum absolute atomic E-state index is 0.0341. The van der Waals surface area contributed by atoms with Crippen molar-refractivity contribution < 1.29 is 14.3 Å². The molecule has 1 aliphatic rings. The van der Waals surface area contributed by atoms with Gasteiger partial charge in [0.1, 0.15) is 11.5 Å². The van der Waals surface area contributed by atoms with Crippen molar-refractivity contribution in [1.82, 2.24) is 16.0 Å². The summed E-state index contributed by atoms with van der Waals surface area (Å²) in [5.74, 6) is 2.16. The van der Waals surface area contributed by atoms with Crippen LogP contribution in [0, 0.1) is 0 Å². The summed E-state index contributed by atoms with van der Waals surface area (Å²) in [5.41, 5.74) is 2.06. The van der Waals surface area contributed by atoms with E-state index < -0.39 is 0 Å². The van der Waals surface area contributed by atoms with E-state index in [2.05, 4.69) is 20.9 Å². The van der Waals surface area contributed by atoms with E-state index >= 15 is 0 Å². The number of methoxy groups -OCH3 is 1. The molecule has 7 nitrogen and oxygen atoms in total. The predicted molar refractivity (Wildman–Crippen MR) is 118 cm³/mol. The first-order valence-electron chi connectivity index (χ1n) is 10.3. The second-order valence-electron chi connectivity index (χ2n) is 7.14. The van der Waals surface area contributed by atoms with Gasteiger partial charge in [-0.05, 0) is 43.5 Å². The summed E-state index contributed by atoms with van der Waals surface area (Å²) < 4.78 is 11.0. The van der Waals surface area contributed by atoms with E-state index in [-0.39, 0.29) is 12.5 Å². The molecule has 0 aliphatic heterocycles. The van der Waals surface area contributed by atoms with Crippen LogP contribution in [0.25, 0.3) is 0 Å². The number of ether oxygens (including phenoxy) is 2. The first kappa shape index (κ1) is 21.5. The molecule has 1 fully saturated rings. The monoisotopic (exact) mass is 410 g/mol. The van der Waals surface area contributed by atoms with Crippen molar-refractivity contribution in [2.45, 2.75) is 38.9 Å². The third-order valence-electron chi connectivity index (χ3n) is 4.61. The SMILES string of the molecule is CCNC(=NCc1cccc(OCC(=O)NC2CC2)c1)NCc1ccccc1OC. The lowest BCUT2D eigenvalue weighted by Crippen LogP contribution is -2.36. The average molecular weight is 411 g/mol. The van der Waals surface area contributed by atoms with Crippen LogP contribution in [0.5, 0.6) is 11.5 Å². The zero-order chi connectivity index (χ0) is 21.2. The van der Waals surface area contributed by atoms with Gasteiger partial charge < -0.3 is 25.4 Å². The van der Waals surface area contributed by atoms with Gasteiger partial charge in [-0.3, -0.25) is 4.79 Å². The maximum Gasteiger partial charge on any atom is 0.258 e. The number of aliphatic imine (C=N–C) groups is 1. The lowest BCUT2D eigenvalue weighted by atomic mass is 10.2. The van der Waals surface area contributed by atoms with E-state index in [4.69, 9.17) is 9.47 Å². The third kappa shape index (κ3) is 6.99. The minimum Gasteiger partial charge on any atom is -0.496 e. The molecule has 0 radical (unpaired) electrons. The van der Waals surface area contributed by atoms with E-state index in [0.29, 0.717) is 24.9 Å². The van der Waals surface area contributed by atoms with Gasteiger partial charge in [-0.1, -0.05) is 30.3 Å². The van der Waals surface area contributed by atoms with Gasteiger partial charge in [-0.2, -0.15) is 0 Å². The molecule has 30 heavy (non-hydrogen) atoms. The Balaban J connectivity index is 1.55. The molecule has 0 saturated heterocycles.